The maximum atomic E-state index is 11.4. The van der Waals surface area contributed by atoms with Gasteiger partial charge in [0.1, 0.15) is 0 Å². The zero-order valence-electron chi connectivity index (χ0n) is 5.71. The van der Waals surface area contributed by atoms with Gasteiger partial charge in [0.15, 0.2) is 0 Å². The second-order valence-electron chi connectivity index (χ2n) is 1.65. The van der Waals surface area contributed by atoms with Crippen LogP contribution in [0.1, 0.15) is 13.3 Å². The fourth-order valence-corrected chi connectivity index (χ4v) is 0.431. The number of hydrogen-bond acceptors (Lipinski definition) is 1. The van der Waals surface area contributed by atoms with E-state index < -0.39 is 0 Å². The number of alkyl halides is 1. The highest BCUT2D eigenvalue weighted by Crippen LogP contribution is 1.74. The highest BCUT2D eigenvalue weighted by molar-refractivity contribution is 4.96. The van der Waals surface area contributed by atoms with Crippen molar-refractivity contribution in [3.05, 3.63) is 0 Å². The molecular formula is C7H12FN. The van der Waals surface area contributed by atoms with E-state index in [-0.39, 0.29) is 6.67 Å². The Hall–Kier alpha value is -0.550. The molecule has 0 aromatic heterocycles. The molecule has 0 amide bonds. The zero-order valence-corrected chi connectivity index (χ0v) is 5.71. The van der Waals surface area contributed by atoms with Crippen molar-refractivity contribution in [2.45, 2.75) is 13.3 Å². The number of hydrogen-bond donors (Lipinski definition) is 1. The summed E-state index contributed by atoms with van der Waals surface area (Å²) in [6, 6.07) is 0. The molecule has 0 saturated carbocycles. The van der Waals surface area contributed by atoms with Gasteiger partial charge in [-0.25, -0.2) is 0 Å². The van der Waals surface area contributed by atoms with Crippen molar-refractivity contribution in [3.63, 3.8) is 0 Å². The Bertz CT molecular complexity index is 101. The lowest BCUT2D eigenvalue weighted by molar-refractivity contribution is 0.464. The molecule has 0 saturated heterocycles. The minimum Gasteiger partial charge on any atom is -0.306 e. The van der Waals surface area contributed by atoms with Gasteiger partial charge in [-0.15, -0.1) is 5.92 Å². The largest absolute Gasteiger partial charge is 0.306 e. The van der Waals surface area contributed by atoms with Crippen LogP contribution in [-0.4, -0.2) is 19.8 Å². The Morgan fingerprint density at radius 2 is 2.33 bits per heavy atom. The van der Waals surface area contributed by atoms with Gasteiger partial charge in [-0.1, -0.05) is 5.92 Å². The Morgan fingerprint density at radius 1 is 1.56 bits per heavy atom. The van der Waals surface area contributed by atoms with Gasteiger partial charge in [0, 0.05) is 0 Å². The van der Waals surface area contributed by atoms with Crippen LogP contribution >= 0.6 is 0 Å². The van der Waals surface area contributed by atoms with Crippen LogP contribution in [0.3, 0.4) is 0 Å². The molecule has 0 fully saturated rings. The molecule has 0 aliphatic carbocycles. The molecule has 9 heavy (non-hydrogen) atoms. The summed E-state index contributed by atoms with van der Waals surface area (Å²) in [7, 11) is 0. The predicted molar refractivity (Wildman–Crippen MR) is 36.9 cm³/mol. The first-order valence-corrected chi connectivity index (χ1v) is 3.08. The van der Waals surface area contributed by atoms with Crippen molar-refractivity contribution in [3.8, 4) is 11.8 Å². The summed E-state index contributed by atoms with van der Waals surface area (Å²) in [5.41, 5.74) is 0. The third-order valence-corrected chi connectivity index (χ3v) is 0.877. The van der Waals surface area contributed by atoms with Crippen LogP contribution in [0, 0.1) is 11.8 Å². The van der Waals surface area contributed by atoms with Gasteiger partial charge in [-0.05, 0) is 19.9 Å². The van der Waals surface area contributed by atoms with E-state index in [1.807, 2.05) is 0 Å². The quantitative estimate of drug-likeness (QED) is 0.440. The minimum atomic E-state index is -0.243. The fraction of sp³-hybridized carbons (Fsp3) is 0.714. The average molecular weight is 129 g/mol. The molecule has 0 aromatic rings. The summed E-state index contributed by atoms with van der Waals surface area (Å²) in [6.45, 7) is 2.95. The molecule has 0 spiro atoms. The Labute approximate surface area is 55.6 Å². The van der Waals surface area contributed by atoms with E-state index in [9.17, 15) is 4.39 Å². The van der Waals surface area contributed by atoms with Crippen molar-refractivity contribution in [2.75, 3.05) is 19.8 Å². The van der Waals surface area contributed by atoms with Gasteiger partial charge in [-0.3, -0.25) is 4.39 Å². The summed E-state index contributed by atoms with van der Waals surface area (Å²) in [4.78, 5) is 0. The second-order valence-corrected chi connectivity index (χ2v) is 1.65. The molecule has 0 atom stereocenters. The molecule has 0 heterocycles. The molecule has 0 aliphatic rings. The Morgan fingerprint density at radius 3 is 2.89 bits per heavy atom. The van der Waals surface area contributed by atoms with E-state index >= 15 is 0 Å². The summed E-state index contributed by atoms with van der Waals surface area (Å²) in [5.74, 6) is 5.56. The third-order valence-electron chi connectivity index (χ3n) is 0.877. The molecule has 0 aliphatic heterocycles. The lowest BCUT2D eigenvalue weighted by Gasteiger charge is -1.93. The molecule has 0 radical (unpaired) electrons. The lowest BCUT2D eigenvalue weighted by atomic mass is 10.4. The van der Waals surface area contributed by atoms with E-state index in [4.69, 9.17) is 0 Å². The van der Waals surface area contributed by atoms with Gasteiger partial charge in [0.25, 0.3) is 0 Å². The second kappa shape index (κ2) is 7.45. The molecular weight excluding hydrogens is 117 g/mol. The normalized spacial score (nSPS) is 8.22. The maximum Gasteiger partial charge on any atom is 0.0906 e. The molecule has 1 nitrogen and oxygen atoms in total. The van der Waals surface area contributed by atoms with Crippen molar-refractivity contribution >= 4 is 0 Å². The number of halogens is 1. The summed E-state index contributed by atoms with van der Waals surface area (Å²) in [5, 5.41) is 2.97. The van der Waals surface area contributed by atoms with E-state index in [1.54, 1.807) is 6.92 Å². The van der Waals surface area contributed by atoms with E-state index in [2.05, 4.69) is 17.2 Å². The first kappa shape index (κ1) is 8.45. The van der Waals surface area contributed by atoms with Gasteiger partial charge in [-0.2, -0.15) is 0 Å². The molecule has 1 N–H and O–H groups in total. The van der Waals surface area contributed by atoms with Gasteiger partial charge < -0.3 is 5.32 Å². The molecule has 0 bridgehead atoms. The monoisotopic (exact) mass is 129 g/mol. The fourth-order valence-electron chi connectivity index (χ4n) is 0.431. The standard InChI is InChI=1S/C7H12FN/c1-2-3-6-9-7-4-5-8/h9H,4-7H2,1H3. The Kier molecular flexibility index (Phi) is 6.99. The highest BCUT2D eigenvalue weighted by Gasteiger charge is 1.81. The summed E-state index contributed by atoms with van der Waals surface area (Å²) < 4.78 is 11.4. The average Bonchev–Trinajstić information content (AvgIpc) is 1.89. The van der Waals surface area contributed by atoms with Gasteiger partial charge >= 0.3 is 0 Å². The summed E-state index contributed by atoms with van der Waals surface area (Å²) >= 11 is 0. The van der Waals surface area contributed by atoms with Crippen molar-refractivity contribution in [1.82, 2.24) is 5.32 Å². The van der Waals surface area contributed by atoms with Gasteiger partial charge in [0.05, 0.1) is 13.2 Å². The first-order valence-electron chi connectivity index (χ1n) is 3.08. The van der Waals surface area contributed by atoms with Crippen LogP contribution in [-0.2, 0) is 0 Å². The SMILES string of the molecule is CC#CCNCCCF. The highest BCUT2D eigenvalue weighted by atomic mass is 19.1. The zero-order chi connectivity index (χ0) is 6.95. The van der Waals surface area contributed by atoms with E-state index in [0.29, 0.717) is 13.0 Å². The van der Waals surface area contributed by atoms with Crippen molar-refractivity contribution < 1.29 is 4.39 Å². The van der Waals surface area contributed by atoms with E-state index in [0.717, 1.165) is 6.54 Å². The molecule has 0 rings (SSSR count). The lowest BCUT2D eigenvalue weighted by Crippen LogP contribution is -2.15. The van der Waals surface area contributed by atoms with Crippen molar-refractivity contribution in [2.24, 2.45) is 0 Å². The Balaban J connectivity index is 2.80. The molecule has 2 heteroatoms. The number of rotatable bonds is 4. The van der Waals surface area contributed by atoms with Crippen LogP contribution in [0.5, 0.6) is 0 Å². The third kappa shape index (κ3) is 7.45. The van der Waals surface area contributed by atoms with E-state index in [1.165, 1.54) is 0 Å². The van der Waals surface area contributed by atoms with Crippen LogP contribution in [0.2, 0.25) is 0 Å². The van der Waals surface area contributed by atoms with Crippen LogP contribution in [0.4, 0.5) is 4.39 Å². The molecule has 0 aromatic carbocycles. The summed E-state index contributed by atoms with van der Waals surface area (Å²) in [6.07, 6.45) is 0.589. The smallest absolute Gasteiger partial charge is 0.0906 e. The molecule has 0 unspecified atom stereocenters. The van der Waals surface area contributed by atoms with Crippen LogP contribution in [0.15, 0.2) is 0 Å². The van der Waals surface area contributed by atoms with Crippen molar-refractivity contribution in [1.29, 1.82) is 0 Å². The first-order chi connectivity index (χ1) is 4.41. The minimum absolute atomic E-state index is 0.243. The van der Waals surface area contributed by atoms with Gasteiger partial charge in [0.2, 0.25) is 0 Å². The molecule has 52 valence electrons. The van der Waals surface area contributed by atoms with Crippen LogP contribution in [0.25, 0.3) is 0 Å². The van der Waals surface area contributed by atoms with Crippen LogP contribution < -0.4 is 5.32 Å². The predicted octanol–water partition coefficient (Wildman–Crippen LogP) is 0.959. The topological polar surface area (TPSA) is 12.0 Å². The number of nitrogens with one attached hydrogen (secondary N) is 1. The maximum absolute atomic E-state index is 11.4.